The molecule has 0 aliphatic carbocycles. The van der Waals surface area contributed by atoms with Gasteiger partial charge in [-0.15, -0.1) is 0 Å². The Bertz CT molecular complexity index is 364. The molecule has 0 radical (unpaired) electrons. The average Bonchev–Trinajstić information content (AvgIpc) is 2.26. The summed E-state index contributed by atoms with van der Waals surface area (Å²) in [6.07, 6.45) is -1.60. The zero-order valence-electron chi connectivity index (χ0n) is 10.6. The Kier molecular flexibility index (Phi) is 4.23. The molecule has 0 amide bonds. The molecule has 0 unspecified atom stereocenters. The van der Waals surface area contributed by atoms with E-state index in [-0.39, 0.29) is 5.41 Å². The standard InChI is InChI=1S/C14H19F3/c1-4-13(2,3)9-8-11-6-5-7-12(10-11)14(15,16)17/h5-7,10H,4,8-9H2,1-3H3. The Labute approximate surface area is 101 Å². The van der Waals surface area contributed by atoms with Crippen LogP contribution < -0.4 is 0 Å². The fraction of sp³-hybridized carbons (Fsp3) is 0.571. The molecule has 1 rings (SSSR count). The molecule has 0 saturated carbocycles. The van der Waals surface area contributed by atoms with Crippen LogP contribution in [0.15, 0.2) is 24.3 Å². The summed E-state index contributed by atoms with van der Waals surface area (Å²) in [5.74, 6) is 0. The van der Waals surface area contributed by atoms with Crippen molar-refractivity contribution in [2.75, 3.05) is 0 Å². The zero-order chi connectivity index (χ0) is 13.1. The van der Waals surface area contributed by atoms with Gasteiger partial charge in [-0.25, -0.2) is 0 Å². The normalized spacial score (nSPS) is 12.8. The van der Waals surface area contributed by atoms with Gasteiger partial charge in [-0.05, 0) is 29.9 Å². The third-order valence-corrected chi connectivity index (χ3v) is 3.30. The van der Waals surface area contributed by atoms with E-state index in [1.54, 1.807) is 6.07 Å². The molecule has 0 nitrogen and oxygen atoms in total. The molecule has 96 valence electrons. The molecular formula is C14H19F3. The van der Waals surface area contributed by atoms with E-state index in [9.17, 15) is 13.2 Å². The smallest absolute Gasteiger partial charge is 0.166 e. The first kappa shape index (κ1) is 14.1. The lowest BCUT2D eigenvalue weighted by Gasteiger charge is -2.22. The van der Waals surface area contributed by atoms with Crippen LogP contribution in [-0.4, -0.2) is 0 Å². The molecule has 0 fully saturated rings. The first-order valence-corrected chi connectivity index (χ1v) is 5.91. The van der Waals surface area contributed by atoms with Crippen LogP contribution in [0, 0.1) is 5.41 Å². The maximum Gasteiger partial charge on any atom is 0.416 e. The van der Waals surface area contributed by atoms with Crippen LogP contribution in [-0.2, 0) is 12.6 Å². The van der Waals surface area contributed by atoms with Crippen molar-refractivity contribution in [3.63, 3.8) is 0 Å². The monoisotopic (exact) mass is 244 g/mol. The quantitative estimate of drug-likeness (QED) is 0.693. The van der Waals surface area contributed by atoms with E-state index in [1.807, 2.05) is 0 Å². The molecule has 1 aromatic carbocycles. The molecule has 0 heterocycles. The Morgan fingerprint density at radius 2 is 1.76 bits per heavy atom. The van der Waals surface area contributed by atoms with Gasteiger partial charge in [0.05, 0.1) is 5.56 Å². The number of aryl methyl sites for hydroxylation is 1. The molecule has 0 aliphatic heterocycles. The minimum absolute atomic E-state index is 0.189. The van der Waals surface area contributed by atoms with Gasteiger partial charge < -0.3 is 0 Å². The highest BCUT2D eigenvalue weighted by Crippen LogP contribution is 2.31. The highest BCUT2D eigenvalue weighted by Gasteiger charge is 2.30. The summed E-state index contributed by atoms with van der Waals surface area (Å²) in [6, 6.07) is 5.62. The molecule has 0 atom stereocenters. The molecule has 0 aromatic heterocycles. The van der Waals surface area contributed by atoms with Crippen LogP contribution in [0.3, 0.4) is 0 Å². The van der Waals surface area contributed by atoms with Crippen LogP contribution in [0.2, 0.25) is 0 Å². The molecule has 0 spiro atoms. The van der Waals surface area contributed by atoms with Gasteiger partial charge in [-0.1, -0.05) is 45.4 Å². The molecule has 3 heteroatoms. The number of alkyl halides is 3. The number of hydrogen-bond acceptors (Lipinski definition) is 0. The van der Waals surface area contributed by atoms with E-state index in [2.05, 4.69) is 20.8 Å². The maximum atomic E-state index is 12.5. The lowest BCUT2D eigenvalue weighted by atomic mass is 9.84. The van der Waals surface area contributed by atoms with Gasteiger partial charge in [0, 0.05) is 0 Å². The van der Waals surface area contributed by atoms with Crippen molar-refractivity contribution in [2.45, 2.75) is 46.2 Å². The Morgan fingerprint density at radius 1 is 1.12 bits per heavy atom. The van der Waals surface area contributed by atoms with Gasteiger partial charge in [-0.2, -0.15) is 13.2 Å². The molecule has 17 heavy (non-hydrogen) atoms. The van der Waals surface area contributed by atoms with Gasteiger partial charge in [0.1, 0.15) is 0 Å². The average molecular weight is 244 g/mol. The first-order valence-electron chi connectivity index (χ1n) is 5.91. The summed E-state index contributed by atoms with van der Waals surface area (Å²) in [5, 5.41) is 0. The van der Waals surface area contributed by atoms with Gasteiger partial charge in [0.2, 0.25) is 0 Å². The predicted octanol–water partition coefficient (Wildman–Crippen LogP) is 5.07. The largest absolute Gasteiger partial charge is 0.416 e. The van der Waals surface area contributed by atoms with E-state index in [1.165, 1.54) is 12.1 Å². The summed E-state index contributed by atoms with van der Waals surface area (Å²) in [6.45, 7) is 6.38. The second kappa shape index (κ2) is 5.11. The summed E-state index contributed by atoms with van der Waals surface area (Å²) in [4.78, 5) is 0. The van der Waals surface area contributed by atoms with Crippen LogP contribution in [0.1, 0.15) is 44.7 Å². The minimum atomic E-state index is -4.24. The molecule has 0 aliphatic rings. The topological polar surface area (TPSA) is 0 Å². The van der Waals surface area contributed by atoms with Crippen LogP contribution in [0.5, 0.6) is 0 Å². The fourth-order valence-electron chi connectivity index (χ4n) is 1.56. The summed E-state index contributed by atoms with van der Waals surface area (Å²) in [7, 11) is 0. The summed E-state index contributed by atoms with van der Waals surface area (Å²) < 4.78 is 37.5. The van der Waals surface area contributed by atoms with E-state index >= 15 is 0 Å². The second-order valence-corrected chi connectivity index (χ2v) is 5.22. The van der Waals surface area contributed by atoms with Gasteiger partial charge >= 0.3 is 6.18 Å². The van der Waals surface area contributed by atoms with Crippen molar-refractivity contribution in [1.29, 1.82) is 0 Å². The van der Waals surface area contributed by atoms with Crippen LogP contribution >= 0.6 is 0 Å². The van der Waals surface area contributed by atoms with Gasteiger partial charge in [-0.3, -0.25) is 0 Å². The Morgan fingerprint density at radius 3 is 2.29 bits per heavy atom. The maximum absolute atomic E-state index is 12.5. The third kappa shape index (κ3) is 4.41. The molecule has 1 aromatic rings. The number of hydrogen-bond donors (Lipinski definition) is 0. The first-order chi connectivity index (χ1) is 7.74. The van der Waals surface area contributed by atoms with E-state index in [0.717, 1.165) is 24.5 Å². The van der Waals surface area contributed by atoms with Crippen LogP contribution in [0.25, 0.3) is 0 Å². The summed E-state index contributed by atoms with van der Waals surface area (Å²) in [5.41, 5.74) is 0.402. The van der Waals surface area contributed by atoms with Gasteiger partial charge in [0.15, 0.2) is 0 Å². The Balaban J connectivity index is 2.74. The van der Waals surface area contributed by atoms with E-state index in [0.29, 0.717) is 6.42 Å². The van der Waals surface area contributed by atoms with Crippen molar-refractivity contribution in [1.82, 2.24) is 0 Å². The van der Waals surface area contributed by atoms with Crippen molar-refractivity contribution in [2.24, 2.45) is 5.41 Å². The second-order valence-electron chi connectivity index (χ2n) is 5.22. The van der Waals surface area contributed by atoms with E-state index in [4.69, 9.17) is 0 Å². The van der Waals surface area contributed by atoms with Crippen LogP contribution in [0.4, 0.5) is 13.2 Å². The number of rotatable bonds is 4. The third-order valence-electron chi connectivity index (χ3n) is 3.30. The lowest BCUT2D eigenvalue weighted by Crippen LogP contribution is -2.11. The SMILES string of the molecule is CCC(C)(C)CCc1cccc(C(F)(F)F)c1. The fourth-order valence-corrected chi connectivity index (χ4v) is 1.56. The predicted molar refractivity (Wildman–Crippen MR) is 63.8 cm³/mol. The van der Waals surface area contributed by atoms with Gasteiger partial charge in [0.25, 0.3) is 0 Å². The summed E-state index contributed by atoms with van der Waals surface area (Å²) >= 11 is 0. The Hall–Kier alpha value is -0.990. The lowest BCUT2D eigenvalue weighted by molar-refractivity contribution is -0.137. The van der Waals surface area contributed by atoms with Crippen molar-refractivity contribution < 1.29 is 13.2 Å². The van der Waals surface area contributed by atoms with Crippen molar-refractivity contribution >= 4 is 0 Å². The molecular weight excluding hydrogens is 225 g/mol. The molecule has 0 saturated heterocycles. The van der Waals surface area contributed by atoms with E-state index < -0.39 is 11.7 Å². The number of benzene rings is 1. The van der Waals surface area contributed by atoms with Crippen molar-refractivity contribution in [3.05, 3.63) is 35.4 Å². The highest BCUT2D eigenvalue weighted by molar-refractivity contribution is 5.25. The minimum Gasteiger partial charge on any atom is -0.166 e. The highest BCUT2D eigenvalue weighted by atomic mass is 19.4. The molecule has 0 bridgehead atoms. The van der Waals surface area contributed by atoms with Crippen molar-refractivity contribution in [3.8, 4) is 0 Å². The molecule has 0 N–H and O–H groups in total. The number of halogens is 3. The zero-order valence-corrected chi connectivity index (χ0v) is 10.6.